The number of likely N-dealkylation sites (tertiary alicyclic amines) is 1. The van der Waals surface area contributed by atoms with Crippen LogP contribution < -0.4 is 0 Å². The van der Waals surface area contributed by atoms with Crippen LogP contribution in [-0.2, 0) is 9.84 Å². The smallest absolute Gasteiger partial charge is 0.150 e. The number of β-amino-alcohol motifs (C(OH)–C–C–N with tert-alkyl or cyclic N) is 1. The molecule has 5 heteroatoms. The Hall–Kier alpha value is -0.130. The fraction of sp³-hybridized carbons (Fsp3) is 1.00. The number of nitrogens with zero attached hydrogens (tertiary/aromatic N) is 1. The van der Waals surface area contributed by atoms with E-state index in [1.807, 2.05) is 0 Å². The van der Waals surface area contributed by atoms with E-state index in [4.69, 9.17) is 0 Å². The first-order valence-electron chi connectivity index (χ1n) is 6.18. The molecule has 1 N–H and O–H groups in total. The summed E-state index contributed by atoms with van der Waals surface area (Å²) in [5.74, 6) is 0.406. The summed E-state index contributed by atoms with van der Waals surface area (Å²) in [6.07, 6.45) is 3.86. The lowest BCUT2D eigenvalue weighted by molar-refractivity contribution is 0.0648. The van der Waals surface area contributed by atoms with E-state index in [2.05, 4.69) is 4.90 Å². The van der Waals surface area contributed by atoms with Crippen molar-refractivity contribution in [2.45, 2.75) is 31.8 Å². The molecule has 2 aliphatic heterocycles. The zero-order valence-electron chi connectivity index (χ0n) is 9.64. The monoisotopic (exact) mass is 247 g/mol. The van der Waals surface area contributed by atoms with Crippen molar-refractivity contribution >= 4 is 9.84 Å². The van der Waals surface area contributed by atoms with Crippen LogP contribution in [-0.4, -0.2) is 55.7 Å². The molecule has 16 heavy (non-hydrogen) atoms. The Kier molecular flexibility index (Phi) is 3.87. The third-order valence-corrected chi connectivity index (χ3v) is 5.50. The average molecular weight is 247 g/mol. The molecule has 4 nitrogen and oxygen atoms in total. The molecule has 0 bridgehead atoms. The van der Waals surface area contributed by atoms with Gasteiger partial charge in [-0.25, -0.2) is 8.42 Å². The SMILES string of the molecule is O=S1(=O)CCC(C(O)CN2CCCCC2)C1. The molecular weight excluding hydrogens is 226 g/mol. The van der Waals surface area contributed by atoms with E-state index in [9.17, 15) is 13.5 Å². The summed E-state index contributed by atoms with van der Waals surface area (Å²) >= 11 is 0. The van der Waals surface area contributed by atoms with Gasteiger partial charge in [-0.1, -0.05) is 6.42 Å². The molecule has 0 aromatic carbocycles. The molecule has 0 saturated carbocycles. The van der Waals surface area contributed by atoms with Gasteiger partial charge in [0.25, 0.3) is 0 Å². The summed E-state index contributed by atoms with van der Waals surface area (Å²) in [6.45, 7) is 2.76. The van der Waals surface area contributed by atoms with Gasteiger partial charge in [0, 0.05) is 12.5 Å². The number of rotatable bonds is 3. The summed E-state index contributed by atoms with van der Waals surface area (Å²) in [7, 11) is -2.86. The van der Waals surface area contributed by atoms with E-state index in [-0.39, 0.29) is 17.4 Å². The first-order valence-corrected chi connectivity index (χ1v) is 8.00. The van der Waals surface area contributed by atoms with Crippen molar-refractivity contribution in [3.05, 3.63) is 0 Å². The Morgan fingerprint density at radius 1 is 1.25 bits per heavy atom. The predicted octanol–water partition coefficient (Wildman–Crippen LogP) is 0.268. The summed E-state index contributed by atoms with van der Waals surface area (Å²) in [6, 6.07) is 0. The van der Waals surface area contributed by atoms with Gasteiger partial charge in [0.05, 0.1) is 17.6 Å². The number of sulfone groups is 1. The third kappa shape index (κ3) is 3.18. The molecular formula is C11H21NO3S. The van der Waals surface area contributed by atoms with Crippen molar-refractivity contribution < 1.29 is 13.5 Å². The zero-order valence-corrected chi connectivity index (χ0v) is 10.5. The Balaban J connectivity index is 1.81. The van der Waals surface area contributed by atoms with E-state index < -0.39 is 15.9 Å². The number of aliphatic hydroxyl groups excluding tert-OH is 1. The summed E-state index contributed by atoms with van der Waals surface area (Å²) in [4.78, 5) is 2.26. The molecule has 0 aromatic heterocycles. The minimum atomic E-state index is -2.86. The number of hydrogen-bond donors (Lipinski definition) is 1. The zero-order chi connectivity index (χ0) is 11.6. The second-order valence-electron chi connectivity index (χ2n) is 5.09. The average Bonchev–Trinajstić information content (AvgIpc) is 2.60. The van der Waals surface area contributed by atoms with Crippen LogP contribution >= 0.6 is 0 Å². The molecule has 94 valence electrons. The Morgan fingerprint density at radius 3 is 2.50 bits per heavy atom. The van der Waals surface area contributed by atoms with Gasteiger partial charge in [-0.15, -0.1) is 0 Å². The highest BCUT2D eigenvalue weighted by molar-refractivity contribution is 7.91. The van der Waals surface area contributed by atoms with Crippen molar-refractivity contribution in [2.24, 2.45) is 5.92 Å². The Bertz CT molecular complexity index is 322. The minimum Gasteiger partial charge on any atom is -0.391 e. The van der Waals surface area contributed by atoms with Gasteiger partial charge in [-0.3, -0.25) is 0 Å². The first kappa shape index (κ1) is 12.3. The quantitative estimate of drug-likeness (QED) is 0.777. The van der Waals surface area contributed by atoms with Crippen molar-refractivity contribution in [1.29, 1.82) is 0 Å². The third-order valence-electron chi connectivity index (χ3n) is 3.71. The van der Waals surface area contributed by atoms with Gasteiger partial charge in [0.2, 0.25) is 0 Å². The largest absolute Gasteiger partial charge is 0.391 e. The van der Waals surface area contributed by atoms with E-state index in [1.165, 1.54) is 19.3 Å². The van der Waals surface area contributed by atoms with Gasteiger partial charge in [-0.2, -0.15) is 0 Å². The van der Waals surface area contributed by atoms with Crippen LogP contribution in [0.5, 0.6) is 0 Å². The molecule has 2 aliphatic rings. The number of aliphatic hydroxyl groups is 1. The van der Waals surface area contributed by atoms with Gasteiger partial charge >= 0.3 is 0 Å². The van der Waals surface area contributed by atoms with Crippen LogP contribution in [0.25, 0.3) is 0 Å². The molecule has 0 aliphatic carbocycles. The van der Waals surface area contributed by atoms with Crippen molar-refractivity contribution in [3.63, 3.8) is 0 Å². The van der Waals surface area contributed by atoms with E-state index in [0.29, 0.717) is 13.0 Å². The van der Waals surface area contributed by atoms with E-state index in [1.54, 1.807) is 0 Å². The highest BCUT2D eigenvalue weighted by Crippen LogP contribution is 2.23. The van der Waals surface area contributed by atoms with Crippen LogP contribution in [0, 0.1) is 5.92 Å². The van der Waals surface area contributed by atoms with Crippen LogP contribution in [0.4, 0.5) is 0 Å². The molecule has 2 unspecified atom stereocenters. The van der Waals surface area contributed by atoms with Crippen LogP contribution in [0.2, 0.25) is 0 Å². The van der Waals surface area contributed by atoms with E-state index in [0.717, 1.165) is 13.1 Å². The Labute approximate surface area is 97.6 Å². The second-order valence-corrected chi connectivity index (χ2v) is 7.32. The van der Waals surface area contributed by atoms with Crippen molar-refractivity contribution in [1.82, 2.24) is 4.90 Å². The Morgan fingerprint density at radius 2 is 1.94 bits per heavy atom. The van der Waals surface area contributed by atoms with Gasteiger partial charge < -0.3 is 10.0 Å². The predicted molar refractivity (Wildman–Crippen MR) is 63.1 cm³/mol. The molecule has 2 saturated heterocycles. The summed E-state index contributed by atoms with van der Waals surface area (Å²) in [5, 5.41) is 10.0. The second kappa shape index (κ2) is 5.02. The van der Waals surface area contributed by atoms with Crippen molar-refractivity contribution in [2.75, 3.05) is 31.1 Å². The lowest BCUT2D eigenvalue weighted by Gasteiger charge is -2.30. The standard InChI is InChI=1S/C11H21NO3S/c13-11(8-12-5-2-1-3-6-12)10-4-7-16(14,15)9-10/h10-11,13H,1-9H2. The highest BCUT2D eigenvalue weighted by Gasteiger charge is 2.33. The minimum absolute atomic E-state index is 0.0353. The lowest BCUT2D eigenvalue weighted by Crippen LogP contribution is -2.39. The fourth-order valence-electron chi connectivity index (χ4n) is 2.68. The fourth-order valence-corrected chi connectivity index (χ4v) is 4.55. The highest BCUT2D eigenvalue weighted by atomic mass is 32.2. The molecule has 2 rings (SSSR count). The van der Waals surface area contributed by atoms with Crippen LogP contribution in [0.15, 0.2) is 0 Å². The molecule has 0 spiro atoms. The van der Waals surface area contributed by atoms with Gasteiger partial charge in [0.1, 0.15) is 0 Å². The van der Waals surface area contributed by atoms with Gasteiger partial charge in [0.15, 0.2) is 9.84 Å². The van der Waals surface area contributed by atoms with E-state index >= 15 is 0 Å². The maximum absolute atomic E-state index is 11.3. The first-order chi connectivity index (χ1) is 7.57. The van der Waals surface area contributed by atoms with Crippen LogP contribution in [0.1, 0.15) is 25.7 Å². The molecule has 2 atom stereocenters. The number of piperidine rings is 1. The molecule has 0 amide bonds. The maximum atomic E-state index is 11.3. The number of hydrogen-bond acceptors (Lipinski definition) is 4. The molecule has 2 heterocycles. The van der Waals surface area contributed by atoms with Crippen molar-refractivity contribution in [3.8, 4) is 0 Å². The summed E-state index contributed by atoms with van der Waals surface area (Å²) < 4.78 is 22.6. The molecule has 2 fully saturated rings. The lowest BCUT2D eigenvalue weighted by atomic mass is 10.0. The summed E-state index contributed by atoms with van der Waals surface area (Å²) in [5.41, 5.74) is 0. The van der Waals surface area contributed by atoms with Crippen LogP contribution in [0.3, 0.4) is 0 Å². The normalized spacial score (nSPS) is 32.7. The topological polar surface area (TPSA) is 57.6 Å². The maximum Gasteiger partial charge on any atom is 0.150 e. The molecule has 0 radical (unpaired) electrons. The molecule has 0 aromatic rings. The van der Waals surface area contributed by atoms with Gasteiger partial charge in [-0.05, 0) is 32.4 Å².